The molecule has 2 heterocycles. The van der Waals surface area contributed by atoms with E-state index in [0.29, 0.717) is 14.8 Å². The van der Waals surface area contributed by atoms with Crippen LogP contribution in [-0.2, 0) is 0 Å². The number of nitriles is 2. The van der Waals surface area contributed by atoms with Crippen LogP contribution in [0.3, 0.4) is 0 Å². The van der Waals surface area contributed by atoms with Crippen molar-refractivity contribution in [1.29, 1.82) is 10.5 Å². The Balaban J connectivity index is 1.97. The second-order valence-corrected chi connectivity index (χ2v) is 11.4. The zero-order valence-electron chi connectivity index (χ0n) is 20.0. The van der Waals surface area contributed by atoms with Crippen LogP contribution in [0.4, 0.5) is 11.4 Å². The highest BCUT2D eigenvalue weighted by Gasteiger charge is 2.32. The molecular formula is C26H22Br2N6OS. The molecule has 0 unspecified atom stereocenters. The molecule has 2 N–H and O–H groups in total. The van der Waals surface area contributed by atoms with Crippen molar-refractivity contribution in [2.45, 2.75) is 5.92 Å². The van der Waals surface area contributed by atoms with E-state index in [4.69, 9.17) is 5.73 Å². The van der Waals surface area contributed by atoms with Crippen LogP contribution in [0.2, 0.25) is 0 Å². The lowest BCUT2D eigenvalue weighted by Gasteiger charge is -2.23. The Hall–Kier alpha value is -3.31. The predicted molar refractivity (Wildman–Crippen MR) is 153 cm³/mol. The van der Waals surface area contributed by atoms with E-state index in [2.05, 4.69) is 44.0 Å². The first-order valence-corrected chi connectivity index (χ1v) is 13.2. The minimum absolute atomic E-state index is 0.0503. The van der Waals surface area contributed by atoms with Gasteiger partial charge in [-0.25, -0.2) is 0 Å². The number of hydrogen-bond donors (Lipinski definition) is 1. The van der Waals surface area contributed by atoms with E-state index in [9.17, 15) is 15.3 Å². The Morgan fingerprint density at radius 3 is 2.08 bits per heavy atom. The van der Waals surface area contributed by atoms with Crippen LogP contribution >= 0.6 is 43.2 Å². The first-order chi connectivity index (χ1) is 17.1. The van der Waals surface area contributed by atoms with E-state index in [1.807, 2.05) is 74.4 Å². The van der Waals surface area contributed by atoms with E-state index in [1.54, 1.807) is 6.08 Å². The average Bonchev–Trinajstić information content (AvgIpc) is 3.14. The predicted octanol–water partition coefficient (Wildman–Crippen LogP) is 3.52. The quantitative estimate of drug-likeness (QED) is 0.476. The number of fused-ring (bicyclic) bond motifs is 1. The molecule has 0 fully saturated rings. The van der Waals surface area contributed by atoms with Gasteiger partial charge in [0.25, 0.3) is 5.56 Å². The van der Waals surface area contributed by atoms with Crippen LogP contribution in [-0.4, -0.2) is 32.8 Å². The Bertz CT molecular complexity index is 1680. The molecule has 7 nitrogen and oxygen atoms in total. The van der Waals surface area contributed by atoms with Crippen molar-refractivity contribution in [3.63, 3.8) is 0 Å². The molecule has 36 heavy (non-hydrogen) atoms. The van der Waals surface area contributed by atoms with Crippen LogP contribution in [0.15, 0.2) is 55.7 Å². The molecule has 0 spiro atoms. The van der Waals surface area contributed by atoms with E-state index in [0.717, 1.165) is 31.4 Å². The summed E-state index contributed by atoms with van der Waals surface area (Å²) in [5, 5.41) is 20.2. The number of aromatic nitrogens is 1. The monoisotopic (exact) mass is 624 g/mol. The summed E-state index contributed by atoms with van der Waals surface area (Å²) in [5.74, 6) is -0.624. The summed E-state index contributed by atoms with van der Waals surface area (Å²) in [5.41, 5.74) is 10.1. The molecule has 0 bridgehead atoms. The highest BCUT2D eigenvalue weighted by molar-refractivity contribution is 9.11. The van der Waals surface area contributed by atoms with Crippen molar-refractivity contribution in [3.05, 3.63) is 81.6 Å². The van der Waals surface area contributed by atoms with Crippen LogP contribution in [0.5, 0.6) is 0 Å². The van der Waals surface area contributed by atoms with Gasteiger partial charge in [0, 0.05) is 37.1 Å². The highest BCUT2D eigenvalue weighted by Crippen LogP contribution is 2.38. The minimum Gasteiger partial charge on any atom is -0.384 e. The van der Waals surface area contributed by atoms with Crippen molar-refractivity contribution in [2.24, 2.45) is 5.73 Å². The highest BCUT2D eigenvalue weighted by atomic mass is 79.9. The van der Waals surface area contributed by atoms with E-state index in [1.165, 1.54) is 15.9 Å². The third-order valence-corrected chi connectivity index (χ3v) is 8.31. The second-order valence-electron chi connectivity index (χ2n) is 8.64. The topological polar surface area (TPSA) is 102 Å². The molecule has 2 aromatic carbocycles. The summed E-state index contributed by atoms with van der Waals surface area (Å²) in [6, 6.07) is 15.9. The van der Waals surface area contributed by atoms with Gasteiger partial charge in [-0.1, -0.05) is 12.1 Å². The van der Waals surface area contributed by atoms with Gasteiger partial charge in [0.15, 0.2) is 0 Å². The molecule has 182 valence electrons. The Labute approximate surface area is 229 Å². The fourth-order valence-electron chi connectivity index (χ4n) is 4.18. The lowest BCUT2D eigenvalue weighted by molar-refractivity contribution is 0.905. The van der Waals surface area contributed by atoms with Crippen LogP contribution in [0, 0.1) is 22.7 Å². The van der Waals surface area contributed by atoms with Crippen LogP contribution in [0.25, 0.3) is 17.5 Å². The Morgan fingerprint density at radius 2 is 1.56 bits per heavy atom. The summed E-state index contributed by atoms with van der Waals surface area (Å²) < 4.78 is 3.87. The molecule has 0 amide bonds. The fraction of sp³-hybridized carbons (Fsp3) is 0.192. The fourth-order valence-corrected chi connectivity index (χ4v) is 6.81. The number of thiazole rings is 1. The summed E-state index contributed by atoms with van der Waals surface area (Å²) >= 11 is 8.37. The maximum atomic E-state index is 13.4. The molecular weight excluding hydrogens is 604 g/mol. The van der Waals surface area contributed by atoms with Gasteiger partial charge in [-0.15, -0.1) is 11.3 Å². The number of allylic oxidation sites excluding steroid dienone is 1. The molecule has 10 heteroatoms. The van der Waals surface area contributed by atoms with Gasteiger partial charge in [-0.2, -0.15) is 10.5 Å². The minimum atomic E-state index is -0.674. The van der Waals surface area contributed by atoms with Crippen molar-refractivity contribution in [3.8, 4) is 12.1 Å². The van der Waals surface area contributed by atoms with Crippen molar-refractivity contribution in [1.82, 2.24) is 4.57 Å². The van der Waals surface area contributed by atoms with Gasteiger partial charge in [-0.05, 0) is 73.3 Å². The summed E-state index contributed by atoms with van der Waals surface area (Å²) in [6.07, 6.45) is 1.77. The third-order valence-electron chi connectivity index (χ3n) is 5.93. The Morgan fingerprint density at radius 1 is 0.972 bits per heavy atom. The maximum absolute atomic E-state index is 13.4. The standard InChI is InChI=1S/C26H22Br2N6OS/c1-32(2)20-7-5-14(9-18(20)27)10-22-25(35)34-24(31)16(12-29)23(17(13-30)26(34)36-22)15-6-8-21(33(3)4)19(28)11-15/h5-11,23H,31H2,1-4H3/b22-10-/t23-/m0/s1. The zero-order chi connectivity index (χ0) is 26.3. The lowest BCUT2D eigenvalue weighted by Crippen LogP contribution is -2.38. The molecule has 1 atom stereocenters. The molecule has 0 saturated carbocycles. The van der Waals surface area contributed by atoms with Crippen molar-refractivity contribution in [2.75, 3.05) is 38.0 Å². The number of hydrogen-bond acceptors (Lipinski definition) is 7. The number of halogens is 2. The number of anilines is 2. The van der Waals surface area contributed by atoms with Gasteiger partial charge in [0.1, 0.15) is 10.5 Å². The first-order valence-electron chi connectivity index (χ1n) is 10.8. The zero-order valence-corrected chi connectivity index (χ0v) is 24.0. The molecule has 0 aliphatic carbocycles. The molecule has 1 aliphatic heterocycles. The molecule has 1 aliphatic rings. The molecule has 0 saturated heterocycles. The summed E-state index contributed by atoms with van der Waals surface area (Å²) in [6.45, 7) is 0. The molecule has 4 rings (SSSR count). The largest absolute Gasteiger partial charge is 0.384 e. The van der Waals surface area contributed by atoms with Crippen LogP contribution in [0.1, 0.15) is 17.0 Å². The van der Waals surface area contributed by atoms with Gasteiger partial charge < -0.3 is 15.5 Å². The Kier molecular flexibility index (Phi) is 7.14. The number of benzene rings is 2. The van der Waals surface area contributed by atoms with Gasteiger partial charge >= 0.3 is 0 Å². The van der Waals surface area contributed by atoms with Gasteiger partial charge in [-0.3, -0.25) is 9.36 Å². The number of rotatable bonds is 4. The second kappa shape index (κ2) is 9.98. The maximum Gasteiger partial charge on any atom is 0.274 e. The van der Waals surface area contributed by atoms with Crippen LogP contribution < -0.4 is 30.3 Å². The summed E-state index contributed by atoms with van der Waals surface area (Å²) in [4.78, 5) is 17.3. The van der Waals surface area contributed by atoms with Crippen molar-refractivity contribution < 1.29 is 0 Å². The normalized spacial score (nSPS) is 15.4. The van der Waals surface area contributed by atoms with Gasteiger partial charge in [0.05, 0.1) is 45.1 Å². The third kappa shape index (κ3) is 4.37. The van der Waals surface area contributed by atoms with E-state index in [-0.39, 0.29) is 17.0 Å². The first kappa shape index (κ1) is 25.8. The smallest absolute Gasteiger partial charge is 0.274 e. The van der Waals surface area contributed by atoms with Gasteiger partial charge in [0.2, 0.25) is 0 Å². The SMILES string of the molecule is CN(C)c1ccc(/C=c2\sc3n(c2=O)C(N)=C(C#N)[C@H](c2ccc(N(C)C)c(Br)c2)C=3C#N)cc1Br. The van der Waals surface area contributed by atoms with E-state index >= 15 is 0 Å². The summed E-state index contributed by atoms with van der Waals surface area (Å²) in [7, 11) is 7.77. The average molecular weight is 626 g/mol. The lowest BCUT2D eigenvalue weighted by atomic mass is 9.84. The molecule has 3 aromatic rings. The van der Waals surface area contributed by atoms with E-state index < -0.39 is 5.92 Å². The molecule has 1 aromatic heterocycles. The number of nitrogens with two attached hydrogens (primary N) is 1. The number of nitrogens with zero attached hydrogens (tertiary/aromatic N) is 5. The van der Waals surface area contributed by atoms with Crippen molar-refractivity contribution >= 4 is 72.0 Å². The molecule has 0 radical (unpaired) electrons.